The summed E-state index contributed by atoms with van der Waals surface area (Å²) in [6.07, 6.45) is 3.97. The maximum atomic E-state index is 14.1. The summed E-state index contributed by atoms with van der Waals surface area (Å²) in [5, 5.41) is 8.80. The molecule has 0 N–H and O–H groups in total. The number of piperazine rings is 1. The van der Waals surface area contributed by atoms with Crippen molar-refractivity contribution in [3.8, 4) is 6.07 Å². The van der Waals surface area contributed by atoms with E-state index in [-0.39, 0.29) is 5.82 Å². The van der Waals surface area contributed by atoms with Gasteiger partial charge in [-0.3, -0.25) is 4.90 Å². The Kier molecular flexibility index (Phi) is 4.91. The van der Waals surface area contributed by atoms with Gasteiger partial charge in [-0.05, 0) is 37.5 Å². The zero-order valence-corrected chi connectivity index (χ0v) is 12.8. The maximum absolute atomic E-state index is 14.1. The van der Waals surface area contributed by atoms with Gasteiger partial charge in [0, 0.05) is 39.3 Å². The van der Waals surface area contributed by atoms with Crippen LogP contribution in [0.25, 0.3) is 0 Å². The van der Waals surface area contributed by atoms with Crippen LogP contribution in [0.1, 0.15) is 24.8 Å². The lowest BCUT2D eigenvalue weighted by molar-refractivity contribution is -0.00646. The molecule has 2 saturated heterocycles. The molecule has 0 saturated carbocycles. The number of nitriles is 1. The van der Waals surface area contributed by atoms with E-state index in [1.807, 2.05) is 6.07 Å². The molecule has 4 nitrogen and oxygen atoms in total. The summed E-state index contributed by atoms with van der Waals surface area (Å²) in [6.45, 7) is 5.37. The number of benzene rings is 1. The van der Waals surface area contributed by atoms with Crippen LogP contribution in [0.15, 0.2) is 18.2 Å². The standard InChI is InChI=1S/C17H22FN3O/c18-16-11-14(12-19)4-5-17(16)21-8-6-20(7-9-21)13-15-3-1-2-10-22-15/h4-5,11,15H,1-3,6-10,13H2/t15-/m0/s1. The van der Waals surface area contributed by atoms with Crippen molar-refractivity contribution in [3.05, 3.63) is 29.6 Å². The molecule has 118 valence electrons. The van der Waals surface area contributed by atoms with Crippen LogP contribution in [0.4, 0.5) is 10.1 Å². The quantitative estimate of drug-likeness (QED) is 0.859. The molecule has 1 aromatic rings. The number of anilines is 1. The van der Waals surface area contributed by atoms with Crippen molar-refractivity contribution in [1.29, 1.82) is 5.26 Å². The first-order valence-electron chi connectivity index (χ1n) is 8.05. The Morgan fingerprint density at radius 3 is 2.68 bits per heavy atom. The van der Waals surface area contributed by atoms with Gasteiger partial charge in [0.1, 0.15) is 5.82 Å². The Labute approximate surface area is 131 Å². The molecule has 0 bridgehead atoms. The zero-order chi connectivity index (χ0) is 15.4. The predicted molar refractivity (Wildman–Crippen MR) is 83.4 cm³/mol. The van der Waals surface area contributed by atoms with E-state index < -0.39 is 0 Å². The highest BCUT2D eigenvalue weighted by Crippen LogP contribution is 2.22. The first kappa shape index (κ1) is 15.3. The fourth-order valence-electron chi connectivity index (χ4n) is 3.24. The Hall–Kier alpha value is -1.64. The molecule has 2 fully saturated rings. The van der Waals surface area contributed by atoms with Crippen LogP contribution in [0, 0.1) is 17.1 Å². The molecule has 0 unspecified atom stereocenters. The van der Waals surface area contributed by atoms with Crippen molar-refractivity contribution in [2.75, 3.05) is 44.2 Å². The average molecular weight is 303 g/mol. The van der Waals surface area contributed by atoms with E-state index in [1.54, 1.807) is 12.1 Å². The Balaban J connectivity index is 1.54. The summed E-state index contributed by atoms with van der Waals surface area (Å²) >= 11 is 0. The van der Waals surface area contributed by atoms with Crippen LogP contribution >= 0.6 is 0 Å². The van der Waals surface area contributed by atoms with Crippen molar-refractivity contribution >= 4 is 5.69 Å². The highest BCUT2D eigenvalue weighted by molar-refractivity contribution is 5.51. The molecule has 1 aromatic carbocycles. The van der Waals surface area contributed by atoms with E-state index in [0.717, 1.165) is 45.8 Å². The molecule has 0 aliphatic carbocycles. The average Bonchev–Trinajstić information content (AvgIpc) is 2.56. The van der Waals surface area contributed by atoms with Crippen LogP contribution in [-0.4, -0.2) is 50.3 Å². The van der Waals surface area contributed by atoms with Crippen LogP contribution in [0.3, 0.4) is 0 Å². The lowest BCUT2D eigenvalue weighted by Crippen LogP contribution is -2.49. The van der Waals surface area contributed by atoms with Gasteiger partial charge in [-0.15, -0.1) is 0 Å². The highest BCUT2D eigenvalue weighted by Gasteiger charge is 2.23. The molecule has 22 heavy (non-hydrogen) atoms. The summed E-state index contributed by atoms with van der Waals surface area (Å²) in [5.74, 6) is -0.303. The van der Waals surface area contributed by atoms with Gasteiger partial charge < -0.3 is 9.64 Å². The summed E-state index contributed by atoms with van der Waals surface area (Å²) in [4.78, 5) is 4.47. The Morgan fingerprint density at radius 1 is 1.23 bits per heavy atom. The smallest absolute Gasteiger partial charge is 0.147 e. The fraction of sp³-hybridized carbons (Fsp3) is 0.588. The molecule has 2 heterocycles. The minimum absolute atomic E-state index is 0.303. The number of hydrogen-bond acceptors (Lipinski definition) is 4. The Bertz CT molecular complexity index is 543. The van der Waals surface area contributed by atoms with Crippen molar-refractivity contribution in [1.82, 2.24) is 4.90 Å². The van der Waals surface area contributed by atoms with Gasteiger partial charge in [-0.2, -0.15) is 5.26 Å². The summed E-state index contributed by atoms with van der Waals surface area (Å²) in [6, 6.07) is 6.68. The zero-order valence-electron chi connectivity index (χ0n) is 12.8. The molecule has 0 spiro atoms. The van der Waals surface area contributed by atoms with Gasteiger partial charge in [0.05, 0.1) is 23.4 Å². The Morgan fingerprint density at radius 2 is 2.05 bits per heavy atom. The number of halogens is 1. The maximum Gasteiger partial charge on any atom is 0.147 e. The van der Waals surface area contributed by atoms with E-state index in [1.165, 1.54) is 18.9 Å². The van der Waals surface area contributed by atoms with Crippen LogP contribution in [0.5, 0.6) is 0 Å². The van der Waals surface area contributed by atoms with Crippen LogP contribution < -0.4 is 4.90 Å². The number of hydrogen-bond donors (Lipinski definition) is 0. The van der Waals surface area contributed by atoms with E-state index in [2.05, 4.69) is 9.80 Å². The first-order valence-corrected chi connectivity index (χ1v) is 8.05. The molecule has 2 aliphatic heterocycles. The van der Waals surface area contributed by atoms with Gasteiger partial charge in [-0.25, -0.2) is 4.39 Å². The largest absolute Gasteiger partial charge is 0.377 e. The lowest BCUT2D eigenvalue weighted by Gasteiger charge is -2.38. The third-order valence-electron chi connectivity index (χ3n) is 4.53. The van der Waals surface area contributed by atoms with Crippen molar-refractivity contribution in [2.45, 2.75) is 25.4 Å². The minimum Gasteiger partial charge on any atom is -0.377 e. The molecule has 0 radical (unpaired) electrons. The number of nitrogens with zero attached hydrogens (tertiary/aromatic N) is 3. The lowest BCUT2D eigenvalue weighted by atomic mass is 10.1. The van der Waals surface area contributed by atoms with Gasteiger partial charge in [0.25, 0.3) is 0 Å². The minimum atomic E-state index is -0.303. The highest BCUT2D eigenvalue weighted by atomic mass is 19.1. The van der Waals surface area contributed by atoms with Crippen molar-refractivity contribution in [2.24, 2.45) is 0 Å². The van der Waals surface area contributed by atoms with Gasteiger partial charge in [-0.1, -0.05) is 0 Å². The molecule has 1 atom stereocenters. The third kappa shape index (κ3) is 3.57. The topological polar surface area (TPSA) is 39.5 Å². The summed E-state index contributed by atoms with van der Waals surface area (Å²) < 4.78 is 19.9. The first-order chi connectivity index (χ1) is 10.8. The van der Waals surface area contributed by atoms with E-state index in [9.17, 15) is 4.39 Å². The molecule has 0 aromatic heterocycles. The second-order valence-corrected chi connectivity index (χ2v) is 6.05. The van der Waals surface area contributed by atoms with Crippen molar-refractivity contribution < 1.29 is 9.13 Å². The summed E-state index contributed by atoms with van der Waals surface area (Å²) in [5.41, 5.74) is 0.974. The van der Waals surface area contributed by atoms with Crippen LogP contribution in [0.2, 0.25) is 0 Å². The molecule has 5 heteroatoms. The van der Waals surface area contributed by atoms with Crippen molar-refractivity contribution in [3.63, 3.8) is 0 Å². The fourth-order valence-corrected chi connectivity index (χ4v) is 3.24. The van der Waals surface area contributed by atoms with E-state index in [4.69, 9.17) is 10.00 Å². The molecule has 2 aliphatic rings. The predicted octanol–water partition coefficient (Wildman–Crippen LogP) is 2.39. The molecular formula is C17H22FN3O. The second kappa shape index (κ2) is 7.08. The molecule has 0 amide bonds. The van der Waals surface area contributed by atoms with Gasteiger partial charge in [0.2, 0.25) is 0 Å². The monoisotopic (exact) mass is 303 g/mol. The van der Waals surface area contributed by atoms with E-state index in [0.29, 0.717) is 17.4 Å². The van der Waals surface area contributed by atoms with E-state index >= 15 is 0 Å². The third-order valence-corrected chi connectivity index (χ3v) is 4.53. The van der Waals surface area contributed by atoms with Crippen LogP contribution in [-0.2, 0) is 4.74 Å². The SMILES string of the molecule is N#Cc1ccc(N2CCN(C[C@@H]3CCCCO3)CC2)c(F)c1. The second-order valence-electron chi connectivity index (χ2n) is 6.05. The molecule has 3 rings (SSSR count). The number of rotatable bonds is 3. The van der Waals surface area contributed by atoms with Gasteiger partial charge in [0.15, 0.2) is 0 Å². The number of ether oxygens (including phenoxy) is 1. The summed E-state index contributed by atoms with van der Waals surface area (Å²) in [7, 11) is 0. The molecular weight excluding hydrogens is 281 g/mol. The normalized spacial score (nSPS) is 23.3. The van der Waals surface area contributed by atoms with Gasteiger partial charge >= 0.3 is 0 Å².